The second kappa shape index (κ2) is 6.00. The van der Waals surface area contributed by atoms with Gasteiger partial charge in [-0.1, -0.05) is 0 Å². The molecular weight excluding hydrogens is 334 g/mol. The molecule has 0 N–H and O–H groups in total. The van der Waals surface area contributed by atoms with Crippen LogP contribution in [0.25, 0.3) is 0 Å². The summed E-state index contributed by atoms with van der Waals surface area (Å²) in [5, 5.41) is 0.779. The van der Waals surface area contributed by atoms with E-state index < -0.39 is 5.60 Å². The number of rotatable bonds is 4. The van der Waals surface area contributed by atoms with E-state index in [1.54, 1.807) is 0 Å². The summed E-state index contributed by atoms with van der Waals surface area (Å²) in [6.07, 6.45) is 1.19. The normalized spacial score (nSPS) is 21.3. The zero-order valence-corrected chi connectivity index (χ0v) is 13.1. The van der Waals surface area contributed by atoms with Gasteiger partial charge in [-0.05, 0) is 0 Å². The Bertz CT molecular complexity index is 627. The number of cyclic esters (lactones) is 1. The third kappa shape index (κ3) is 3.17. The van der Waals surface area contributed by atoms with Gasteiger partial charge in [-0.3, -0.25) is 0 Å². The third-order valence-corrected chi connectivity index (χ3v) is 6.18. The van der Waals surface area contributed by atoms with Crippen LogP contribution in [0.4, 0.5) is 4.39 Å². The third-order valence-electron chi connectivity index (χ3n) is 3.63. The Kier molecular flexibility index (Phi) is 4.09. The van der Waals surface area contributed by atoms with Crippen LogP contribution in [0.1, 0.15) is 18.4 Å². The van der Waals surface area contributed by atoms with E-state index in [2.05, 4.69) is 0 Å². The summed E-state index contributed by atoms with van der Waals surface area (Å²) in [6.45, 7) is 0. The molecule has 2 aromatic carbocycles. The van der Waals surface area contributed by atoms with Gasteiger partial charge < -0.3 is 0 Å². The Hall–Kier alpha value is -1.64. The van der Waals surface area contributed by atoms with Crippen molar-refractivity contribution in [1.82, 2.24) is 0 Å². The number of hydrogen-bond donors (Lipinski definition) is 0. The average Bonchev–Trinajstić information content (AvgIpc) is 2.90. The molecule has 2 nitrogen and oxygen atoms in total. The molecule has 2 aromatic rings. The van der Waals surface area contributed by atoms with E-state index in [1.165, 1.54) is 12.1 Å². The molecule has 0 amide bonds. The topological polar surface area (TPSA) is 26.3 Å². The molecule has 1 aliphatic heterocycles. The van der Waals surface area contributed by atoms with Gasteiger partial charge in [-0.2, -0.15) is 0 Å². The van der Waals surface area contributed by atoms with Crippen LogP contribution in [0.2, 0.25) is 5.32 Å². The summed E-state index contributed by atoms with van der Waals surface area (Å²) in [7, 11) is 0. The Balaban J connectivity index is 1.81. The maximum atomic E-state index is 13.0. The fraction of sp³-hybridized carbons (Fsp3) is 0.235. The Morgan fingerprint density at radius 3 is 2.43 bits per heavy atom. The number of benzene rings is 2. The molecule has 1 heterocycles. The molecule has 0 aliphatic carbocycles. The summed E-state index contributed by atoms with van der Waals surface area (Å²) >= 11 is 0.133. The molecule has 1 aliphatic rings. The number of hydrogen-bond acceptors (Lipinski definition) is 2. The van der Waals surface area contributed by atoms with Crippen molar-refractivity contribution in [2.75, 3.05) is 0 Å². The number of ether oxygens (including phenoxy) is 1. The first-order valence-electron chi connectivity index (χ1n) is 6.84. The van der Waals surface area contributed by atoms with Crippen molar-refractivity contribution in [2.45, 2.75) is 23.8 Å². The molecule has 4 heteroatoms. The molecular formula is C17H15FO2Se. The molecule has 1 saturated heterocycles. The minimum absolute atomic E-state index is 0.131. The van der Waals surface area contributed by atoms with Crippen LogP contribution in [-0.4, -0.2) is 20.9 Å². The molecule has 0 spiro atoms. The number of carbonyl (C=O) groups excluding carboxylic acids is 1. The fourth-order valence-electron chi connectivity index (χ4n) is 2.48. The van der Waals surface area contributed by atoms with E-state index in [9.17, 15) is 9.18 Å². The fourth-order valence-corrected chi connectivity index (χ4v) is 4.79. The molecule has 3 rings (SSSR count). The van der Waals surface area contributed by atoms with Crippen LogP contribution in [0.3, 0.4) is 0 Å². The van der Waals surface area contributed by atoms with Crippen molar-refractivity contribution >= 4 is 25.4 Å². The van der Waals surface area contributed by atoms with Gasteiger partial charge in [0, 0.05) is 0 Å². The summed E-state index contributed by atoms with van der Waals surface area (Å²) in [6, 6.07) is 16.5. The van der Waals surface area contributed by atoms with E-state index in [1.807, 2.05) is 42.5 Å². The summed E-state index contributed by atoms with van der Waals surface area (Å²) in [4.78, 5) is 11.6. The van der Waals surface area contributed by atoms with Crippen molar-refractivity contribution < 1.29 is 13.9 Å². The van der Waals surface area contributed by atoms with E-state index in [4.69, 9.17) is 4.74 Å². The van der Waals surface area contributed by atoms with Crippen molar-refractivity contribution in [3.8, 4) is 0 Å². The Morgan fingerprint density at radius 1 is 1.10 bits per heavy atom. The van der Waals surface area contributed by atoms with Gasteiger partial charge in [-0.15, -0.1) is 0 Å². The van der Waals surface area contributed by atoms with E-state index in [0.717, 1.165) is 21.8 Å². The maximum absolute atomic E-state index is 13.0. The first kappa shape index (κ1) is 14.3. The monoisotopic (exact) mass is 350 g/mol. The molecule has 0 bridgehead atoms. The number of halogens is 1. The number of carbonyl (C=O) groups is 1. The summed E-state index contributed by atoms with van der Waals surface area (Å²) in [5.74, 6) is -0.353. The summed E-state index contributed by atoms with van der Waals surface area (Å²) in [5.41, 5.74) is 0.548. The van der Waals surface area contributed by atoms with Crippen molar-refractivity contribution in [3.63, 3.8) is 0 Å². The van der Waals surface area contributed by atoms with Gasteiger partial charge in [0.15, 0.2) is 0 Å². The Labute approximate surface area is 129 Å². The molecule has 0 saturated carbocycles. The van der Waals surface area contributed by atoms with Gasteiger partial charge in [0.1, 0.15) is 0 Å². The molecule has 0 radical (unpaired) electrons. The zero-order valence-electron chi connectivity index (χ0n) is 11.4. The van der Waals surface area contributed by atoms with Crippen LogP contribution in [-0.2, 0) is 15.1 Å². The SMILES string of the molecule is O=C1CCC(C[Se]c2ccc(F)cc2)(c2ccccc2)O1. The van der Waals surface area contributed by atoms with Gasteiger partial charge in [0.2, 0.25) is 0 Å². The van der Waals surface area contributed by atoms with Crippen LogP contribution in [0.15, 0.2) is 54.6 Å². The van der Waals surface area contributed by atoms with Crippen LogP contribution >= 0.6 is 0 Å². The second-order valence-corrected chi connectivity index (χ2v) is 7.28. The van der Waals surface area contributed by atoms with E-state index >= 15 is 0 Å². The van der Waals surface area contributed by atoms with Gasteiger partial charge >= 0.3 is 129 Å². The Morgan fingerprint density at radius 2 is 1.81 bits per heavy atom. The van der Waals surface area contributed by atoms with Gasteiger partial charge in [0.25, 0.3) is 0 Å². The quantitative estimate of drug-likeness (QED) is 0.627. The average molecular weight is 349 g/mol. The molecule has 0 aromatic heterocycles. The number of esters is 1. The first-order chi connectivity index (χ1) is 10.2. The molecule has 1 unspecified atom stereocenters. The second-order valence-electron chi connectivity index (χ2n) is 5.08. The predicted molar refractivity (Wildman–Crippen MR) is 80.0 cm³/mol. The van der Waals surface area contributed by atoms with Gasteiger partial charge in [0.05, 0.1) is 0 Å². The van der Waals surface area contributed by atoms with Crippen LogP contribution in [0, 0.1) is 5.82 Å². The molecule has 21 heavy (non-hydrogen) atoms. The van der Waals surface area contributed by atoms with E-state index in [0.29, 0.717) is 6.42 Å². The zero-order chi connectivity index (χ0) is 14.7. The van der Waals surface area contributed by atoms with E-state index in [-0.39, 0.29) is 26.7 Å². The molecule has 108 valence electrons. The van der Waals surface area contributed by atoms with Crippen molar-refractivity contribution in [1.29, 1.82) is 0 Å². The van der Waals surface area contributed by atoms with Crippen molar-refractivity contribution in [3.05, 3.63) is 66.0 Å². The van der Waals surface area contributed by atoms with Crippen LogP contribution < -0.4 is 4.46 Å². The predicted octanol–water partition coefficient (Wildman–Crippen LogP) is 2.81. The molecule has 1 fully saturated rings. The van der Waals surface area contributed by atoms with Crippen LogP contribution in [0.5, 0.6) is 0 Å². The summed E-state index contributed by atoms with van der Waals surface area (Å²) < 4.78 is 19.8. The van der Waals surface area contributed by atoms with Crippen molar-refractivity contribution in [2.24, 2.45) is 0 Å². The standard InChI is InChI=1S/C17H15FO2Se/c18-14-6-8-15(9-7-14)21-12-17(11-10-16(19)20-17)13-4-2-1-3-5-13/h1-9H,10-12H2. The molecule has 1 atom stereocenters. The first-order valence-corrected chi connectivity index (χ1v) is 8.90. The van der Waals surface area contributed by atoms with Gasteiger partial charge in [-0.25, -0.2) is 0 Å². The minimum atomic E-state index is -0.507.